The average Bonchev–Trinajstić information content (AvgIpc) is 3.02. The first-order valence-electron chi connectivity index (χ1n) is 10.8. The molecule has 192 valence electrons. The Morgan fingerprint density at radius 1 is 1.08 bits per heavy atom. The smallest absolute Gasteiger partial charge is 0.231 e. The van der Waals surface area contributed by atoms with Gasteiger partial charge in [-0.25, -0.2) is 21.8 Å². The van der Waals surface area contributed by atoms with Crippen LogP contribution in [0.1, 0.15) is 5.56 Å². The zero-order chi connectivity index (χ0) is 26.1. The molecule has 0 unspecified atom stereocenters. The van der Waals surface area contributed by atoms with Crippen molar-refractivity contribution in [1.29, 1.82) is 0 Å². The van der Waals surface area contributed by atoms with Gasteiger partial charge in [-0.15, -0.1) is 0 Å². The summed E-state index contributed by atoms with van der Waals surface area (Å²) in [5.41, 5.74) is 3.30. The molecule has 0 atom stereocenters. The lowest BCUT2D eigenvalue weighted by atomic mass is 10.1. The molecule has 0 spiro atoms. The fourth-order valence-electron chi connectivity index (χ4n) is 3.67. The van der Waals surface area contributed by atoms with Crippen molar-refractivity contribution in [1.82, 2.24) is 14.3 Å². The number of nitrogens with zero attached hydrogens (tertiary/aromatic N) is 4. The molecule has 0 saturated carbocycles. The van der Waals surface area contributed by atoms with E-state index in [2.05, 4.69) is 25.3 Å². The third kappa shape index (κ3) is 6.16. The van der Waals surface area contributed by atoms with Crippen LogP contribution in [0.4, 0.5) is 34.5 Å². The average molecular weight is 552 g/mol. The van der Waals surface area contributed by atoms with Gasteiger partial charge in [0.25, 0.3) is 0 Å². The molecule has 11 nitrogen and oxygen atoms in total. The Hall–Kier alpha value is -3.13. The molecule has 2 aromatic carbocycles. The van der Waals surface area contributed by atoms with Gasteiger partial charge in [0.15, 0.2) is 5.82 Å². The van der Waals surface area contributed by atoms with E-state index < -0.39 is 20.0 Å². The topological polar surface area (TPSA) is 137 Å². The normalized spacial score (nSPS) is 14.3. The molecular weight excluding hydrogens is 526 g/mol. The molecular formula is C22H26ClN7O4S2. The van der Waals surface area contributed by atoms with Crippen LogP contribution >= 0.6 is 11.6 Å². The maximum absolute atomic E-state index is 12.0. The number of aromatic nitrogens is 2. The van der Waals surface area contributed by atoms with E-state index in [0.717, 1.165) is 23.2 Å². The van der Waals surface area contributed by atoms with Gasteiger partial charge >= 0.3 is 0 Å². The van der Waals surface area contributed by atoms with Gasteiger partial charge in [-0.2, -0.15) is 9.29 Å². The van der Waals surface area contributed by atoms with E-state index in [1.807, 2.05) is 18.2 Å². The van der Waals surface area contributed by atoms with Crippen molar-refractivity contribution in [2.45, 2.75) is 6.54 Å². The molecule has 0 amide bonds. The van der Waals surface area contributed by atoms with Gasteiger partial charge < -0.3 is 15.5 Å². The highest BCUT2D eigenvalue weighted by Crippen LogP contribution is 2.32. The molecule has 0 bridgehead atoms. The predicted molar refractivity (Wildman–Crippen MR) is 143 cm³/mol. The summed E-state index contributed by atoms with van der Waals surface area (Å²) < 4.78 is 51.4. The van der Waals surface area contributed by atoms with E-state index >= 15 is 0 Å². The number of sulfonamides is 2. The first-order valence-corrected chi connectivity index (χ1v) is 14.9. The monoisotopic (exact) mass is 551 g/mol. The number of nitrogens with one attached hydrogen (secondary N) is 3. The Morgan fingerprint density at radius 2 is 1.81 bits per heavy atom. The zero-order valence-corrected chi connectivity index (χ0v) is 22.2. The van der Waals surface area contributed by atoms with E-state index in [9.17, 15) is 16.8 Å². The Kier molecular flexibility index (Phi) is 7.27. The fourth-order valence-corrected chi connectivity index (χ4v) is 5.19. The van der Waals surface area contributed by atoms with Crippen molar-refractivity contribution in [3.05, 3.63) is 59.2 Å². The maximum Gasteiger partial charge on any atom is 0.231 e. The van der Waals surface area contributed by atoms with Gasteiger partial charge in [-0.1, -0.05) is 29.8 Å². The summed E-state index contributed by atoms with van der Waals surface area (Å²) in [4.78, 5) is 10.6. The summed E-state index contributed by atoms with van der Waals surface area (Å²) >= 11 is 6.34. The summed E-state index contributed by atoms with van der Waals surface area (Å²) in [6.07, 6.45) is 3.74. The number of fused-ring (bicyclic) bond motifs is 1. The summed E-state index contributed by atoms with van der Waals surface area (Å²) in [7, 11) is -4.99. The van der Waals surface area contributed by atoms with Crippen LogP contribution in [0, 0.1) is 0 Å². The van der Waals surface area contributed by atoms with Crippen LogP contribution in [0.25, 0.3) is 0 Å². The standard InChI is InChI=1S/C22H26ClN7O4S2/c1-29(16-9-8-15-14-30(36(3,33)34)11-10-24-20(15)12-16)22-25-13-17(23)21(27-22)26-18-6-4-5-7-19(18)28-35(2,31)32/h4-9,12-13,24,28H,10-11,14H2,1-3H3,(H,25,26,27). The van der Waals surface area contributed by atoms with Crippen LogP contribution in [-0.2, 0) is 26.6 Å². The van der Waals surface area contributed by atoms with Crippen LogP contribution in [0.5, 0.6) is 0 Å². The van der Waals surface area contributed by atoms with Crippen LogP contribution in [0.2, 0.25) is 5.02 Å². The van der Waals surface area contributed by atoms with Crippen LogP contribution in [0.3, 0.4) is 0 Å². The second-order valence-electron chi connectivity index (χ2n) is 8.34. The van der Waals surface area contributed by atoms with Gasteiger partial charge in [0, 0.05) is 38.1 Å². The van der Waals surface area contributed by atoms with Gasteiger partial charge in [-0.05, 0) is 29.8 Å². The predicted octanol–water partition coefficient (Wildman–Crippen LogP) is 3.20. The number of anilines is 6. The molecule has 4 rings (SSSR count). The molecule has 0 fully saturated rings. The SMILES string of the molecule is CN(c1ccc2c(c1)NCCN(S(C)(=O)=O)C2)c1ncc(Cl)c(Nc2ccccc2NS(C)(=O)=O)n1. The molecule has 3 aromatic rings. The van der Waals surface area contributed by atoms with E-state index in [-0.39, 0.29) is 11.6 Å². The molecule has 1 aliphatic heterocycles. The number of para-hydroxylation sites is 2. The first kappa shape index (κ1) is 25.9. The van der Waals surface area contributed by atoms with Gasteiger partial charge in [0.1, 0.15) is 5.02 Å². The van der Waals surface area contributed by atoms with Gasteiger partial charge in [0.2, 0.25) is 26.0 Å². The summed E-state index contributed by atoms with van der Waals surface area (Å²) in [6.45, 7) is 1.15. The second-order valence-corrected chi connectivity index (χ2v) is 12.5. The molecule has 3 N–H and O–H groups in total. The maximum atomic E-state index is 12.0. The van der Waals surface area contributed by atoms with Gasteiger partial charge in [-0.3, -0.25) is 4.72 Å². The van der Waals surface area contributed by atoms with Crippen molar-refractivity contribution >= 4 is 66.2 Å². The van der Waals surface area contributed by atoms with E-state index in [4.69, 9.17) is 11.6 Å². The molecule has 0 saturated heterocycles. The molecule has 1 aliphatic rings. The van der Waals surface area contributed by atoms with Crippen molar-refractivity contribution in [2.75, 3.05) is 52.9 Å². The van der Waals surface area contributed by atoms with Gasteiger partial charge in [0.05, 0.1) is 30.1 Å². The molecule has 2 heterocycles. The molecule has 36 heavy (non-hydrogen) atoms. The highest BCUT2D eigenvalue weighted by atomic mass is 35.5. The lowest BCUT2D eigenvalue weighted by molar-refractivity contribution is 0.428. The Labute approximate surface area is 215 Å². The van der Waals surface area contributed by atoms with Crippen molar-refractivity contribution < 1.29 is 16.8 Å². The minimum Gasteiger partial charge on any atom is -0.383 e. The Bertz CT molecular complexity index is 1500. The molecule has 1 aromatic heterocycles. The number of hydrogen-bond acceptors (Lipinski definition) is 9. The Morgan fingerprint density at radius 3 is 2.50 bits per heavy atom. The van der Waals surface area contributed by atoms with Crippen molar-refractivity contribution in [3.63, 3.8) is 0 Å². The third-order valence-corrected chi connectivity index (χ3v) is 7.60. The largest absolute Gasteiger partial charge is 0.383 e. The van der Waals surface area contributed by atoms with Crippen molar-refractivity contribution in [3.8, 4) is 0 Å². The van der Waals surface area contributed by atoms with Crippen LogP contribution in [0.15, 0.2) is 48.7 Å². The summed E-state index contributed by atoms with van der Waals surface area (Å²) in [6, 6.07) is 12.4. The minimum absolute atomic E-state index is 0.255. The number of halogens is 1. The van der Waals surface area contributed by atoms with Crippen molar-refractivity contribution in [2.24, 2.45) is 0 Å². The molecule has 14 heteroatoms. The lowest BCUT2D eigenvalue weighted by Crippen LogP contribution is -2.31. The quantitative estimate of drug-likeness (QED) is 0.404. The Balaban J connectivity index is 1.61. The minimum atomic E-state index is -3.49. The summed E-state index contributed by atoms with van der Waals surface area (Å²) in [5.74, 6) is 0.648. The fraction of sp³-hybridized carbons (Fsp3) is 0.273. The lowest BCUT2D eigenvalue weighted by Gasteiger charge is -2.21. The molecule has 0 aliphatic carbocycles. The highest BCUT2D eigenvalue weighted by Gasteiger charge is 2.22. The zero-order valence-electron chi connectivity index (χ0n) is 19.9. The highest BCUT2D eigenvalue weighted by molar-refractivity contribution is 7.92. The molecule has 0 radical (unpaired) electrons. The van der Waals surface area contributed by atoms with E-state index in [0.29, 0.717) is 36.2 Å². The third-order valence-electron chi connectivity index (χ3n) is 5.48. The van der Waals surface area contributed by atoms with Crippen LogP contribution in [-0.4, -0.2) is 63.8 Å². The number of benzene rings is 2. The van der Waals surface area contributed by atoms with E-state index in [1.165, 1.54) is 16.8 Å². The van der Waals surface area contributed by atoms with E-state index in [1.54, 1.807) is 36.2 Å². The van der Waals surface area contributed by atoms with Crippen LogP contribution < -0.4 is 20.3 Å². The first-order chi connectivity index (χ1) is 16.9. The number of rotatable bonds is 7. The summed E-state index contributed by atoms with van der Waals surface area (Å²) in [5, 5.41) is 6.62. The second kappa shape index (κ2) is 10.1. The number of hydrogen-bond donors (Lipinski definition) is 3.